The van der Waals surface area contributed by atoms with Crippen LogP contribution in [0, 0.1) is 5.92 Å². The Balaban J connectivity index is 2.43. The van der Waals surface area contributed by atoms with Crippen molar-refractivity contribution in [1.29, 1.82) is 0 Å². The summed E-state index contributed by atoms with van der Waals surface area (Å²) < 4.78 is 0. The molecule has 1 rings (SSSR count). The molecule has 0 amide bonds. The minimum Gasteiger partial charge on any atom is -0.256 e. The maximum atomic E-state index is 4.62. The molecule has 15 heavy (non-hydrogen) atoms. The first-order chi connectivity index (χ1) is 7.22. The first kappa shape index (κ1) is 12.9. The number of hydrogen-bond donors (Lipinski definition) is 0. The number of nitrogens with zero attached hydrogens (tertiary/aromatic N) is 1. The Kier molecular flexibility index (Phi) is 6.18. The molecule has 0 N–H and O–H groups in total. The van der Waals surface area contributed by atoms with Gasteiger partial charge in [0.15, 0.2) is 0 Å². The molecule has 0 aromatic carbocycles. The van der Waals surface area contributed by atoms with Gasteiger partial charge in [0.1, 0.15) is 0 Å². The van der Waals surface area contributed by atoms with Gasteiger partial charge in [0.2, 0.25) is 0 Å². The van der Waals surface area contributed by atoms with E-state index in [0.29, 0.717) is 0 Å². The van der Waals surface area contributed by atoms with Gasteiger partial charge in [0.25, 0.3) is 0 Å². The molecule has 0 atom stereocenters. The van der Waals surface area contributed by atoms with Crippen LogP contribution in [-0.4, -0.2) is 17.0 Å². The van der Waals surface area contributed by atoms with Crippen LogP contribution in [-0.2, 0) is 11.5 Å². The first-order valence-electron chi connectivity index (χ1n) is 5.24. The van der Waals surface area contributed by atoms with Crippen LogP contribution < -0.4 is 0 Å². The van der Waals surface area contributed by atoms with Crippen LogP contribution in [0.2, 0.25) is 0 Å². The van der Waals surface area contributed by atoms with Crippen molar-refractivity contribution in [2.24, 2.45) is 5.92 Å². The van der Waals surface area contributed by atoms with Crippen LogP contribution in [0.4, 0.5) is 0 Å². The van der Waals surface area contributed by atoms with Gasteiger partial charge in [0, 0.05) is 11.5 Å². The number of rotatable bonds is 6. The lowest BCUT2D eigenvalue weighted by molar-refractivity contribution is 0.750. The molecule has 1 nitrogen and oxygen atoms in total. The Morgan fingerprint density at radius 3 is 2.47 bits per heavy atom. The zero-order chi connectivity index (χ0) is 11.1. The molecule has 0 unspecified atom stereocenters. The lowest BCUT2D eigenvalue weighted by Gasteiger charge is -2.05. The molecule has 1 heterocycles. The van der Waals surface area contributed by atoms with Gasteiger partial charge in [0.05, 0.1) is 11.4 Å². The van der Waals surface area contributed by atoms with Gasteiger partial charge in [-0.3, -0.25) is 4.98 Å². The molecule has 0 spiro atoms. The SMILES string of the molecule is CSCc1cccc(CSCC(C)C)n1. The summed E-state index contributed by atoms with van der Waals surface area (Å²) in [6.45, 7) is 4.51. The van der Waals surface area contributed by atoms with Gasteiger partial charge in [-0.25, -0.2) is 0 Å². The van der Waals surface area contributed by atoms with Crippen molar-refractivity contribution in [3.63, 3.8) is 0 Å². The second kappa shape index (κ2) is 7.18. The molecule has 0 aliphatic rings. The normalized spacial score (nSPS) is 10.9. The van der Waals surface area contributed by atoms with E-state index >= 15 is 0 Å². The Morgan fingerprint density at radius 2 is 1.87 bits per heavy atom. The molecule has 0 saturated heterocycles. The van der Waals surface area contributed by atoms with Crippen molar-refractivity contribution < 1.29 is 0 Å². The van der Waals surface area contributed by atoms with E-state index in [1.165, 1.54) is 17.1 Å². The highest BCUT2D eigenvalue weighted by molar-refractivity contribution is 7.98. The maximum absolute atomic E-state index is 4.62. The molecule has 0 bridgehead atoms. The minimum absolute atomic E-state index is 0.768. The van der Waals surface area contributed by atoms with Crippen LogP contribution in [0.25, 0.3) is 0 Å². The summed E-state index contributed by atoms with van der Waals surface area (Å²) in [6, 6.07) is 6.34. The Labute approximate surface area is 101 Å². The molecule has 0 aliphatic carbocycles. The summed E-state index contributed by atoms with van der Waals surface area (Å²) in [5.41, 5.74) is 2.41. The van der Waals surface area contributed by atoms with E-state index in [0.717, 1.165) is 17.4 Å². The average molecular weight is 241 g/mol. The van der Waals surface area contributed by atoms with E-state index in [9.17, 15) is 0 Å². The van der Waals surface area contributed by atoms with E-state index in [2.05, 4.69) is 43.3 Å². The van der Waals surface area contributed by atoms with Crippen molar-refractivity contribution in [2.75, 3.05) is 12.0 Å². The van der Waals surface area contributed by atoms with Crippen molar-refractivity contribution >= 4 is 23.5 Å². The fraction of sp³-hybridized carbons (Fsp3) is 0.583. The number of pyridine rings is 1. The molecular formula is C12H19NS2. The average Bonchev–Trinajstić information content (AvgIpc) is 2.18. The lowest BCUT2D eigenvalue weighted by atomic mass is 10.3. The van der Waals surface area contributed by atoms with Crippen molar-refractivity contribution in [3.8, 4) is 0 Å². The lowest BCUT2D eigenvalue weighted by Crippen LogP contribution is -1.95. The van der Waals surface area contributed by atoms with Crippen molar-refractivity contribution in [2.45, 2.75) is 25.4 Å². The van der Waals surface area contributed by atoms with Crippen LogP contribution in [0.5, 0.6) is 0 Å². The zero-order valence-electron chi connectivity index (χ0n) is 9.69. The van der Waals surface area contributed by atoms with Gasteiger partial charge in [-0.1, -0.05) is 19.9 Å². The Morgan fingerprint density at radius 1 is 1.20 bits per heavy atom. The zero-order valence-corrected chi connectivity index (χ0v) is 11.3. The quantitative estimate of drug-likeness (QED) is 0.751. The summed E-state index contributed by atoms with van der Waals surface area (Å²) >= 11 is 3.79. The Hall–Kier alpha value is -0.150. The van der Waals surface area contributed by atoms with Crippen LogP contribution in [0.3, 0.4) is 0 Å². The van der Waals surface area contributed by atoms with Gasteiger partial charge in [-0.05, 0) is 30.1 Å². The monoisotopic (exact) mass is 241 g/mol. The minimum atomic E-state index is 0.768. The summed E-state index contributed by atoms with van der Waals surface area (Å²) in [7, 11) is 0. The van der Waals surface area contributed by atoms with Gasteiger partial charge < -0.3 is 0 Å². The van der Waals surface area contributed by atoms with Gasteiger partial charge in [-0.2, -0.15) is 23.5 Å². The number of hydrogen-bond acceptors (Lipinski definition) is 3. The molecule has 0 fully saturated rings. The predicted molar refractivity (Wildman–Crippen MR) is 72.5 cm³/mol. The summed E-state index contributed by atoms with van der Waals surface area (Å²) in [5.74, 6) is 4.04. The second-order valence-corrected chi connectivity index (χ2v) is 5.86. The third-order valence-corrected chi connectivity index (χ3v) is 3.84. The summed E-state index contributed by atoms with van der Waals surface area (Å²) in [5, 5.41) is 0. The molecule has 3 heteroatoms. The van der Waals surface area contributed by atoms with Crippen LogP contribution in [0.1, 0.15) is 25.2 Å². The first-order valence-corrected chi connectivity index (χ1v) is 7.78. The number of thioether (sulfide) groups is 2. The summed E-state index contributed by atoms with van der Waals surface area (Å²) in [6.07, 6.45) is 2.11. The van der Waals surface area contributed by atoms with Crippen LogP contribution in [0.15, 0.2) is 18.2 Å². The van der Waals surface area contributed by atoms with Gasteiger partial charge >= 0.3 is 0 Å². The standard InChI is InChI=1S/C12H19NS2/c1-10(2)7-15-9-12-6-4-5-11(13-12)8-14-3/h4-6,10H,7-9H2,1-3H3. The van der Waals surface area contributed by atoms with Gasteiger partial charge in [-0.15, -0.1) is 0 Å². The largest absolute Gasteiger partial charge is 0.256 e. The highest BCUT2D eigenvalue weighted by Gasteiger charge is 1.99. The fourth-order valence-corrected chi connectivity index (χ4v) is 2.65. The molecule has 1 aromatic rings. The fourth-order valence-electron chi connectivity index (χ4n) is 1.24. The Bertz CT molecular complexity index is 287. The van der Waals surface area contributed by atoms with Crippen molar-refractivity contribution in [1.82, 2.24) is 4.98 Å². The third-order valence-electron chi connectivity index (χ3n) is 1.86. The summed E-state index contributed by atoms with van der Waals surface area (Å²) in [4.78, 5) is 4.62. The topological polar surface area (TPSA) is 12.9 Å². The second-order valence-electron chi connectivity index (χ2n) is 3.96. The molecule has 1 aromatic heterocycles. The molecule has 84 valence electrons. The maximum Gasteiger partial charge on any atom is 0.0506 e. The molecular weight excluding hydrogens is 222 g/mol. The number of aromatic nitrogens is 1. The van der Waals surface area contributed by atoms with E-state index in [4.69, 9.17) is 0 Å². The van der Waals surface area contributed by atoms with Crippen LogP contribution >= 0.6 is 23.5 Å². The van der Waals surface area contributed by atoms with E-state index in [1.54, 1.807) is 0 Å². The smallest absolute Gasteiger partial charge is 0.0506 e. The third kappa shape index (κ3) is 5.47. The van der Waals surface area contributed by atoms with E-state index in [1.807, 2.05) is 23.5 Å². The molecule has 0 aliphatic heterocycles. The highest BCUT2D eigenvalue weighted by Crippen LogP contribution is 2.15. The van der Waals surface area contributed by atoms with E-state index < -0.39 is 0 Å². The molecule has 0 saturated carbocycles. The van der Waals surface area contributed by atoms with Crippen molar-refractivity contribution in [3.05, 3.63) is 29.6 Å². The van der Waals surface area contributed by atoms with E-state index in [-0.39, 0.29) is 0 Å². The highest BCUT2D eigenvalue weighted by atomic mass is 32.2. The predicted octanol–water partition coefficient (Wildman–Crippen LogP) is 3.83. The molecule has 0 radical (unpaired) electrons.